The van der Waals surface area contributed by atoms with Crippen molar-refractivity contribution < 1.29 is 13.2 Å². The second-order valence-corrected chi connectivity index (χ2v) is 9.01. The fourth-order valence-corrected chi connectivity index (χ4v) is 4.78. The zero-order valence-corrected chi connectivity index (χ0v) is 18.5. The first-order valence-electron chi connectivity index (χ1n) is 9.44. The van der Waals surface area contributed by atoms with Gasteiger partial charge in [0, 0.05) is 22.8 Å². The van der Waals surface area contributed by atoms with Crippen molar-refractivity contribution in [3.63, 3.8) is 0 Å². The van der Waals surface area contributed by atoms with Crippen LogP contribution in [0.4, 0.5) is 5.69 Å². The SMILES string of the molecule is COc1cc(NS(=O)(=O)c2ccccc2-c2cccc(Cl)c2)ccc1-n1cnc(C)c1. The molecule has 0 unspecified atom stereocenters. The predicted molar refractivity (Wildman–Crippen MR) is 123 cm³/mol. The largest absolute Gasteiger partial charge is 0.494 e. The van der Waals surface area contributed by atoms with Crippen LogP contribution < -0.4 is 9.46 Å². The molecule has 8 heteroatoms. The van der Waals surface area contributed by atoms with Crippen molar-refractivity contribution in [3.05, 3.63) is 90.0 Å². The summed E-state index contributed by atoms with van der Waals surface area (Å²) in [6.45, 7) is 1.89. The Kier molecular flexibility index (Phi) is 5.71. The monoisotopic (exact) mass is 453 g/mol. The average Bonchev–Trinajstić information content (AvgIpc) is 3.19. The molecule has 1 aromatic heterocycles. The molecule has 1 N–H and O–H groups in total. The van der Waals surface area contributed by atoms with Gasteiger partial charge in [0.2, 0.25) is 0 Å². The predicted octanol–water partition coefficient (Wildman–Crippen LogP) is 5.31. The molecule has 6 nitrogen and oxygen atoms in total. The number of nitrogens with zero attached hydrogens (tertiary/aromatic N) is 2. The third-order valence-corrected chi connectivity index (χ3v) is 6.41. The summed E-state index contributed by atoms with van der Waals surface area (Å²) < 4.78 is 36.4. The van der Waals surface area contributed by atoms with Crippen molar-refractivity contribution in [2.75, 3.05) is 11.8 Å². The fourth-order valence-electron chi connectivity index (χ4n) is 3.31. The number of hydrogen-bond donors (Lipinski definition) is 1. The molecule has 0 radical (unpaired) electrons. The molecular formula is C23H20ClN3O3S. The summed E-state index contributed by atoms with van der Waals surface area (Å²) in [7, 11) is -2.33. The molecule has 4 aromatic rings. The molecule has 0 fully saturated rings. The molecule has 0 spiro atoms. The van der Waals surface area contributed by atoms with E-state index in [2.05, 4.69) is 9.71 Å². The van der Waals surface area contributed by atoms with Gasteiger partial charge in [-0.15, -0.1) is 0 Å². The van der Waals surface area contributed by atoms with Crippen LogP contribution in [-0.4, -0.2) is 25.1 Å². The quantitative estimate of drug-likeness (QED) is 0.429. The molecule has 0 saturated carbocycles. The number of methoxy groups -OCH3 is 1. The minimum absolute atomic E-state index is 0.158. The van der Waals surface area contributed by atoms with E-state index in [9.17, 15) is 8.42 Å². The minimum atomic E-state index is -3.87. The first-order valence-corrected chi connectivity index (χ1v) is 11.3. The van der Waals surface area contributed by atoms with Crippen molar-refractivity contribution in [2.45, 2.75) is 11.8 Å². The lowest BCUT2D eigenvalue weighted by atomic mass is 10.1. The molecule has 4 rings (SSSR count). The molecule has 0 aliphatic heterocycles. The van der Waals surface area contributed by atoms with Gasteiger partial charge in [0.1, 0.15) is 5.75 Å². The molecular weight excluding hydrogens is 434 g/mol. The van der Waals surface area contributed by atoms with Crippen molar-refractivity contribution in [2.24, 2.45) is 0 Å². The standard InChI is InChI=1S/C23H20ClN3O3S/c1-16-14-27(15-25-16)21-11-10-19(13-22(21)30-2)26-31(28,29)23-9-4-3-8-20(23)17-6-5-7-18(24)12-17/h3-15,26H,1-2H3. The number of aromatic nitrogens is 2. The van der Waals surface area contributed by atoms with Crippen LogP contribution in [-0.2, 0) is 10.0 Å². The Bertz CT molecular complexity index is 1350. The molecule has 0 amide bonds. The fraction of sp³-hybridized carbons (Fsp3) is 0.0870. The zero-order valence-electron chi connectivity index (χ0n) is 16.9. The smallest absolute Gasteiger partial charge is 0.262 e. The maximum absolute atomic E-state index is 13.2. The molecule has 0 saturated heterocycles. The van der Waals surface area contributed by atoms with E-state index < -0.39 is 10.0 Å². The summed E-state index contributed by atoms with van der Waals surface area (Å²) in [5, 5.41) is 0.535. The maximum Gasteiger partial charge on any atom is 0.262 e. The van der Waals surface area contributed by atoms with Gasteiger partial charge in [-0.2, -0.15) is 0 Å². The number of benzene rings is 3. The molecule has 0 aliphatic rings. The number of aryl methyl sites for hydroxylation is 1. The lowest BCUT2D eigenvalue weighted by Crippen LogP contribution is -2.14. The van der Waals surface area contributed by atoms with Crippen LogP contribution in [0.15, 0.2) is 84.1 Å². The van der Waals surface area contributed by atoms with Crippen molar-refractivity contribution in [1.82, 2.24) is 9.55 Å². The van der Waals surface area contributed by atoms with Gasteiger partial charge in [-0.25, -0.2) is 13.4 Å². The van der Waals surface area contributed by atoms with Crippen molar-refractivity contribution >= 4 is 27.3 Å². The van der Waals surface area contributed by atoms with Crippen molar-refractivity contribution in [3.8, 4) is 22.6 Å². The van der Waals surface area contributed by atoms with E-state index >= 15 is 0 Å². The number of anilines is 1. The van der Waals surface area contributed by atoms with Crippen molar-refractivity contribution in [1.29, 1.82) is 0 Å². The van der Waals surface area contributed by atoms with E-state index in [1.54, 1.807) is 67.0 Å². The van der Waals surface area contributed by atoms with E-state index in [4.69, 9.17) is 16.3 Å². The Morgan fingerprint density at radius 1 is 1.03 bits per heavy atom. The number of halogens is 1. The van der Waals surface area contributed by atoms with E-state index in [-0.39, 0.29) is 4.90 Å². The number of rotatable bonds is 6. The highest BCUT2D eigenvalue weighted by molar-refractivity contribution is 7.92. The Labute approximate surface area is 186 Å². The molecule has 3 aromatic carbocycles. The highest BCUT2D eigenvalue weighted by atomic mass is 35.5. The van der Waals surface area contributed by atoms with Crippen LogP contribution in [0, 0.1) is 6.92 Å². The highest BCUT2D eigenvalue weighted by Crippen LogP contribution is 2.32. The summed E-state index contributed by atoms with van der Waals surface area (Å²) in [6.07, 6.45) is 3.54. The van der Waals surface area contributed by atoms with Crippen LogP contribution in [0.1, 0.15) is 5.69 Å². The van der Waals surface area contributed by atoms with E-state index in [1.807, 2.05) is 23.8 Å². The number of imidazole rings is 1. The number of hydrogen-bond acceptors (Lipinski definition) is 4. The second-order valence-electron chi connectivity index (χ2n) is 6.92. The van der Waals surface area contributed by atoms with Crippen LogP contribution in [0.3, 0.4) is 0 Å². The number of nitrogens with one attached hydrogen (secondary N) is 1. The van der Waals surface area contributed by atoms with Gasteiger partial charge in [0.15, 0.2) is 0 Å². The Morgan fingerprint density at radius 2 is 1.84 bits per heavy atom. The Morgan fingerprint density at radius 3 is 2.55 bits per heavy atom. The molecule has 0 aliphatic carbocycles. The zero-order chi connectivity index (χ0) is 22.0. The van der Waals surface area contributed by atoms with Gasteiger partial charge in [-0.1, -0.05) is 41.9 Å². The molecule has 0 bridgehead atoms. The normalized spacial score (nSPS) is 11.3. The number of sulfonamides is 1. The first-order chi connectivity index (χ1) is 14.9. The summed E-state index contributed by atoms with van der Waals surface area (Å²) >= 11 is 6.11. The van der Waals surface area contributed by atoms with Gasteiger partial charge in [-0.05, 0) is 42.8 Å². The van der Waals surface area contributed by atoms with E-state index in [0.29, 0.717) is 22.0 Å². The van der Waals surface area contributed by atoms with Gasteiger partial charge in [0.25, 0.3) is 10.0 Å². The van der Waals surface area contributed by atoms with Crippen LogP contribution in [0.2, 0.25) is 5.02 Å². The molecule has 158 valence electrons. The van der Waals surface area contributed by atoms with Gasteiger partial charge < -0.3 is 9.30 Å². The Balaban J connectivity index is 1.70. The van der Waals surface area contributed by atoms with E-state index in [0.717, 1.165) is 16.9 Å². The molecule has 1 heterocycles. The first kappa shape index (κ1) is 21.0. The summed E-state index contributed by atoms with van der Waals surface area (Å²) in [5.74, 6) is 0.515. The average molecular weight is 454 g/mol. The lowest BCUT2D eigenvalue weighted by Gasteiger charge is -2.15. The topological polar surface area (TPSA) is 73.2 Å². The highest BCUT2D eigenvalue weighted by Gasteiger charge is 2.20. The van der Waals surface area contributed by atoms with Crippen LogP contribution >= 0.6 is 11.6 Å². The minimum Gasteiger partial charge on any atom is -0.494 e. The summed E-state index contributed by atoms with van der Waals surface area (Å²) in [4.78, 5) is 4.38. The van der Waals surface area contributed by atoms with Crippen LogP contribution in [0.25, 0.3) is 16.8 Å². The third-order valence-electron chi connectivity index (χ3n) is 4.73. The lowest BCUT2D eigenvalue weighted by molar-refractivity contribution is 0.413. The van der Waals surface area contributed by atoms with Gasteiger partial charge in [-0.3, -0.25) is 4.72 Å². The second kappa shape index (κ2) is 8.45. The molecule has 0 atom stereocenters. The Hall–Kier alpha value is -3.29. The maximum atomic E-state index is 13.2. The molecule has 31 heavy (non-hydrogen) atoms. The van der Waals surface area contributed by atoms with E-state index in [1.165, 1.54) is 7.11 Å². The van der Waals surface area contributed by atoms with Gasteiger partial charge >= 0.3 is 0 Å². The summed E-state index contributed by atoms with van der Waals surface area (Å²) in [5.41, 5.74) is 3.29. The number of ether oxygens (including phenoxy) is 1. The van der Waals surface area contributed by atoms with Gasteiger partial charge in [0.05, 0.1) is 35.4 Å². The van der Waals surface area contributed by atoms with Crippen LogP contribution in [0.5, 0.6) is 5.75 Å². The summed E-state index contributed by atoms with van der Waals surface area (Å²) in [6, 6.07) is 19.0. The third kappa shape index (κ3) is 4.42.